The van der Waals surface area contributed by atoms with E-state index in [4.69, 9.17) is 5.11 Å². The highest BCUT2D eigenvalue weighted by molar-refractivity contribution is 5.91. The molecule has 1 rings (SSSR count). The summed E-state index contributed by atoms with van der Waals surface area (Å²) < 4.78 is 38.1. The fraction of sp³-hybridized carbons (Fsp3) is 0.467. The first-order chi connectivity index (χ1) is 10.0. The first kappa shape index (κ1) is 18.0. The van der Waals surface area contributed by atoms with Crippen molar-refractivity contribution in [2.24, 2.45) is 5.41 Å². The van der Waals surface area contributed by atoms with Crippen LogP contribution in [0.4, 0.5) is 18.9 Å². The smallest absolute Gasteiger partial charge is 0.394 e. The van der Waals surface area contributed by atoms with E-state index >= 15 is 0 Å². The highest BCUT2D eigenvalue weighted by atomic mass is 19.4. The van der Waals surface area contributed by atoms with E-state index in [-0.39, 0.29) is 6.42 Å². The van der Waals surface area contributed by atoms with Gasteiger partial charge in [-0.15, -0.1) is 0 Å². The number of nitrogens with one attached hydrogen (secondary N) is 1. The number of alkyl halides is 3. The molecular weight excluding hydrogens is 299 g/mol. The number of rotatable bonds is 6. The van der Waals surface area contributed by atoms with Crippen molar-refractivity contribution in [3.05, 3.63) is 29.8 Å². The van der Waals surface area contributed by atoms with Gasteiger partial charge in [-0.1, -0.05) is 26.0 Å². The lowest BCUT2D eigenvalue weighted by Gasteiger charge is -2.26. The van der Waals surface area contributed by atoms with Crippen LogP contribution in [0.2, 0.25) is 0 Å². The van der Waals surface area contributed by atoms with Gasteiger partial charge >= 0.3 is 12.1 Å². The number of benzene rings is 1. The molecule has 0 aliphatic carbocycles. The van der Waals surface area contributed by atoms with Gasteiger partial charge in [0.05, 0.1) is 5.41 Å². The molecule has 0 atom stereocenters. The molecule has 0 aromatic heterocycles. The fourth-order valence-corrected chi connectivity index (χ4v) is 1.71. The summed E-state index contributed by atoms with van der Waals surface area (Å²) in [6.45, 7) is 1.95. The Labute approximate surface area is 126 Å². The predicted molar refractivity (Wildman–Crippen MR) is 75.5 cm³/mol. The topological polar surface area (TPSA) is 66.4 Å². The van der Waals surface area contributed by atoms with Crippen molar-refractivity contribution in [1.29, 1.82) is 0 Å². The molecule has 1 amide bonds. The molecule has 4 nitrogen and oxygen atoms in total. The zero-order chi connectivity index (χ0) is 17.0. The molecule has 1 aromatic carbocycles. The molecule has 7 heteroatoms. The lowest BCUT2D eigenvalue weighted by molar-refractivity contribution is -0.213. The molecule has 0 heterocycles. The minimum atomic E-state index is -4.45. The van der Waals surface area contributed by atoms with E-state index in [1.807, 2.05) is 0 Å². The lowest BCUT2D eigenvalue weighted by Crippen LogP contribution is -2.35. The average molecular weight is 317 g/mol. The van der Waals surface area contributed by atoms with Crippen molar-refractivity contribution in [2.45, 2.75) is 39.3 Å². The monoisotopic (exact) mass is 317 g/mol. The molecule has 122 valence electrons. The summed E-state index contributed by atoms with van der Waals surface area (Å²) in [5.74, 6) is -1.63. The van der Waals surface area contributed by atoms with Crippen molar-refractivity contribution in [3.63, 3.8) is 0 Å². The Hall–Kier alpha value is -2.05. The Balaban J connectivity index is 2.60. The number of amides is 1. The summed E-state index contributed by atoms with van der Waals surface area (Å²) in [6, 6.07) is 6.34. The normalized spacial score (nSPS) is 12.0. The molecule has 0 radical (unpaired) electrons. The zero-order valence-electron chi connectivity index (χ0n) is 12.3. The molecule has 1 aromatic rings. The van der Waals surface area contributed by atoms with Crippen LogP contribution in [0.25, 0.3) is 0 Å². The molecule has 0 bridgehead atoms. The maximum atomic E-state index is 12.7. The SMILES string of the molecule is CC(C)(CC(=O)Nc1ccc(CCC(=O)O)cc1)C(F)(F)F. The van der Waals surface area contributed by atoms with Gasteiger partial charge in [0.15, 0.2) is 0 Å². The Morgan fingerprint density at radius 3 is 2.14 bits per heavy atom. The zero-order valence-corrected chi connectivity index (χ0v) is 12.3. The maximum Gasteiger partial charge on any atom is 0.394 e. The van der Waals surface area contributed by atoms with Crippen LogP contribution in [0.3, 0.4) is 0 Å². The van der Waals surface area contributed by atoms with Gasteiger partial charge in [-0.3, -0.25) is 9.59 Å². The molecule has 0 fully saturated rings. The van der Waals surface area contributed by atoms with Gasteiger partial charge in [0.1, 0.15) is 0 Å². The van der Waals surface area contributed by atoms with E-state index in [0.717, 1.165) is 19.4 Å². The van der Waals surface area contributed by atoms with Crippen LogP contribution in [-0.2, 0) is 16.0 Å². The fourth-order valence-electron chi connectivity index (χ4n) is 1.71. The standard InChI is InChI=1S/C15H18F3NO3/c1-14(2,15(16,17)18)9-12(20)19-11-6-3-10(4-7-11)5-8-13(21)22/h3-4,6-7H,5,8-9H2,1-2H3,(H,19,20)(H,21,22). The minimum absolute atomic E-state index is 0.00845. The van der Waals surface area contributed by atoms with Crippen molar-refractivity contribution in [1.82, 2.24) is 0 Å². The number of carbonyl (C=O) groups excluding carboxylic acids is 1. The maximum absolute atomic E-state index is 12.7. The van der Waals surface area contributed by atoms with Gasteiger partial charge in [-0.05, 0) is 24.1 Å². The Morgan fingerprint density at radius 1 is 1.14 bits per heavy atom. The number of carboxylic acids is 1. The number of aryl methyl sites for hydroxylation is 1. The summed E-state index contributed by atoms with van der Waals surface area (Å²) in [4.78, 5) is 22.1. The Bertz CT molecular complexity index is 536. The van der Waals surface area contributed by atoms with E-state index in [9.17, 15) is 22.8 Å². The van der Waals surface area contributed by atoms with Crippen LogP contribution in [-0.4, -0.2) is 23.2 Å². The molecule has 0 aliphatic heterocycles. The third kappa shape index (κ3) is 5.38. The number of carbonyl (C=O) groups is 2. The number of hydrogen-bond acceptors (Lipinski definition) is 2. The number of anilines is 1. The first-order valence-electron chi connectivity index (χ1n) is 6.68. The molecule has 2 N–H and O–H groups in total. The number of aliphatic carboxylic acids is 1. The van der Waals surface area contributed by atoms with Gasteiger partial charge in [-0.25, -0.2) is 0 Å². The molecular formula is C15H18F3NO3. The second kappa shape index (κ2) is 6.81. The molecule has 0 saturated carbocycles. The molecule has 22 heavy (non-hydrogen) atoms. The van der Waals surface area contributed by atoms with Crippen molar-refractivity contribution in [3.8, 4) is 0 Å². The van der Waals surface area contributed by atoms with Crippen molar-refractivity contribution < 1.29 is 27.9 Å². The molecule has 0 saturated heterocycles. The highest BCUT2D eigenvalue weighted by Gasteiger charge is 2.48. The second-order valence-corrected chi connectivity index (χ2v) is 5.70. The second-order valence-electron chi connectivity index (χ2n) is 5.70. The van der Waals surface area contributed by atoms with Gasteiger partial charge in [0.25, 0.3) is 0 Å². The lowest BCUT2D eigenvalue weighted by atomic mass is 9.88. The summed E-state index contributed by atoms with van der Waals surface area (Å²) >= 11 is 0. The van der Waals surface area contributed by atoms with Crippen LogP contribution in [0.1, 0.15) is 32.3 Å². The summed E-state index contributed by atoms with van der Waals surface area (Å²) in [5.41, 5.74) is -0.948. The Kier molecular flexibility index (Phi) is 5.57. The summed E-state index contributed by atoms with van der Waals surface area (Å²) in [6.07, 6.45) is -4.78. The summed E-state index contributed by atoms with van der Waals surface area (Å²) in [7, 11) is 0. The first-order valence-corrected chi connectivity index (χ1v) is 6.68. The third-order valence-electron chi connectivity index (χ3n) is 3.24. The summed E-state index contributed by atoms with van der Waals surface area (Å²) in [5, 5.41) is 11.0. The van der Waals surface area contributed by atoms with E-state index in [1.54, 1.807) is 12.1 Å². The van der Waals surface area contributed by atoms with Crippen LogP contribution < -0.4 is 5.32 Å². The minimum Gasteiger partial charge on any atom is -0.481 e. The van der Waals surface area contributed by atoms with E-state index in [0.29, 0.717) is 12.1 Å². The number of hydrogen-bond donors (Lipinski definition) is 2. The van der Waals surface area contributed by atoms with Crippen molar-refractivity contribution >= 4 is 17.6 Å². The van der Waals surface area contributed by atoms with E-state index in [1.165, 1.54) is 12.1 Å². The van der Waals surface area contributed by atoms with Crippen LogP contribution >= 0.6 is 0 Å². The highest BCUT2D eigenvalue weighted by Crippen LogP contribution is 2.40. The largest absolute Gasteiger partial charge is 0.481 e. The van der Waals surface area contributed by atoms with Gasteiger partial charge < -0.3 is 10.4 Å². The van der Waals surface area contributed by atoms with Crippen LogP contribution in [0, 0.1) is 5.41 Å². The Morgan fingerprint density at radius 2 is 1.68 bits per heavy atom. The number of carboxylic acid groups (broad SMARTS) is 1. The molecule has 0 aliphatic rings. The molecule has 0 spiro atoms. The van der Waals surface area contributed by atoms with Crippen LogP contribution in [0.15, 0.2) is 24.3 Å². The number of halogens is 3. The van der Waals surface area contributed by atoms with E-state index < -0.39 is 29.9 Å². The quantitative estimate of drug-likeness (QED) is 0.842. The van der Waals surface area contributed by atoms with E-state index in [2.05, 4.69) is 5.32 Å². The van der Waals surface area contributed by atoms with Gasteiger partial charge in [-0.2, -0.15) is 13.2 Å². The third-order valence-corrected chi connectivity index (χ3v) is 3.24. The van der Waals surface area contributed by atoms with Crippen molar-refractivity contribution in [2.75, 3.05) is 5.32 Å². The average Bonchev–Trinajstić information content (AvgIpc) is 2.35. The van der Waals surface area contributed by atoms with Gasteiger partial charge in [0.2, 0.25) is 5.91 Å². The molecule has 0 unspecified atom stereocenters. The predicted octanol–water partition coefficient (Wildman–Crippen LogP) is 3.62. The van der Waals surface area contributed by atoms with Crippen LogP contribution in [0.5, 0.6) is 0 Å². The van der Waals surface area contributed by atoms with Gasteiger partial charge in [0, 0.05) is 18.5 Å².